The summed E-state index contributed by atoms with van der Waals surface area (Å²) >= 11 is 0. The molecule has 0 atom stereocenters. The highest BCUT2D eigenvalue weighted by Gasteiger charge is 2.18. The van der Waals surface area contributed by atoms with Gasteiger partial charge in [0, 0.05) is 18.8 Å². The number of ether oxygens (including phenoxy) is 2. The van der Waals surface area contributed by atoms with E-state index >= 15 is 0 Å². The summed E-state index contributed by atoms with van der Waals surface area (Å²) in [7, 11) is 5.61. The second-order valence-electron chi connectivity index (χ2n) is 8.31. The molecule has 0 fully saturated rings. The molecule has 2 aromatic rings. The first kappa shape index (κ1) is 24.7. The van der Waals surface area contributed by atoms with Gasteiger partial charge in [0.25, 0.3) is 5.91 Å². The maximum atomic E-state index is 13.7. The molecule has 11 heteroatoms. The SMILES string of the molecule is COc1ccc(OCCCN(C)C)cc1Nc1nc(Nc2ccc(F)cc2C(N)=O)c2ccnc-2[nH]1. The number of benzene rings is 2. The molecule has 0 aromatic heterocycles. The number of primary amides is 1. The summed E-state index contributed by atoms with van der Waals surface area (Å²) in [6.07, 6.45) is 2.52. The zero-order valence-corrected chi connectivity index (χ0v) is 20.3. The molecule has 0 aliphatic carbocycles. The van der Waals surface area contributed by atoms with Gasteiger partial charge >= 0.3 is 0 Å². The average Bonchev–Trinajstić information content (AvgIpc) is 3.32. The number of amides is 1. The van der Waals surface area contributed by atoms with Crippen molar-refractivity contribution < 1.29 is 18.7 Å². The molecule has 188 valence electrons. The molecule has 0 bridgehead atoms. The number of rotatable bonds is 11. The van der Waals surface area contributed by atoms with Crippen LogP contribution < -0.4 is 25.8 Å². The first-order chi connectivity index (χ1) is 17.3. The highest BCUT2D eigenvalue weighted by Crippen LogP contribution is 2.34. The van der Waals surface area contributed by atoms with E-state index in [-0.39, 0.29) is 5.56 Å². The third kappa shape index (κ3) is 5.81. The molecule has 36 heavy (non-hydrogen) atoms. The van der Waals surface area contributed by atoms with Crippen LogP contribution in [0.2, 0.25) is 0 Å². The van der Waals surface area contributed by atoms with Crippen LogP contribution in [0.25, 0.3) is 11.4 Å². The summed E-state index contributed by atoms with van der Waals surface area (Å²) < 4.78 is 25.1. The van der Waals surface area contributed by atoms with Gasteiger partial charge in [-0.25, -0.2) is 9.37 Å². The van der Waals surface area contributed by atoms with E-state index in [2.05, 4.69) is 30.5 Å². The number of nitrogens with two attached hydrogens (primary N) is 1. The summed E-state index contributed by atoms with van der Waals surface area (Å²) in [5, 5.41) is 6.30. The third-order valence-electron chi connectivity index (χ3n) is 5.36. The molecular formula is C25H28FN7O3. The summed E-state index contributed by atoms with van der Waals surface area (Å²) in [6.45, 7) is 1.50. The van der Waals surface area contributed by atoms with Gasteiger partial charge in [-0.1, -0.05) is 0 Å². The van der Waals surface area contributed by atoms with Crippen LogP contribution in [0.15, 0.2) is 48.7 Å². The Bertz CT molecular complexity index is 1320. The van der Waals surface area contributed by atoms with Gasteiger partial charge < -0.3 is 35.7 Å². The molecule has 2 aromatic carbocycles. The highest BCUT2D eigenvalue weighted by atomic mass is 19.1. The second-order valence-corrected chi connectivity index (χ2v) is 8.31. The van der Waals surface area contributed by atoms with E-state index in [1.54, 1.807) is 25.4 Å². The fourth-order valence-corrected chi connectivity index (χ4v) is 3.62. The van der Waals surface area contributed by atoms with Crippen molar-refractivity contribution in [3.05, 3.63) is 60.0 Å². The fourth-order valence-electron chi connectivity index (χ4n) is 3.62. The first-order valence-corrected chi connectivity index (χ1v) is 11.3. The molecular weight excluding hydrogens is 465 g/mol. The van der Waals surface area contributed by atoms with Crippen LogP contribution in [-0.4, -0.2) is 60.1 Å². The topological polar surface area (TPSA) is 130 Å². The van der Waals surface area contributed by atoms with Gasteiger partial charge in [0.1, 0.15) is 29.0 Å². The molecule has 0 unspecified atom stereocenters. The van der Waals surface area contributed by atoms with Crippen LogP contribution >= 0.6 is 0 Å². The maximum Gasteiger partial charge on any atom is 0.250 e. The van der Waals surface area contributed by atoms with Crippen LogP contribution in [0.4, 0.5) is 27.5 Å². The normalized spacial score (nSPS) is 11.0. The number of carbonyl (C=O) groups excluding carboxylic acids is 1. The number of carbonyl (C=O) groups is 1. The van der Waals surface area contributed by atoms with Crippen molar-refractivity contribution in [2.45, 2.75) is 6.42 Å². The molecule has 1 amide bonds. The zero-order chi connectivity index (χ0) is 25.7. The number of hydrogen-bond acceptors (Lipinski definition) is 8. The molecule has 0 radical (unpaired) electrons. The highest BCUT2D eigenvalue weighted by molar-refractivity contribution is 5.99. The predicted molar refractivity (Wildman–Crippen MR) is 136 cm³/mol. The van der Waals surface area contributed by atoms with E-state index in [0.717, 1.165) is 19.0 Å². The van der Waals surface area contributed by atoms with Gasteiger partial charge in [0.05, 0.1) is 36.2 Å². The van der Waals surface area contributed by atoms with Crippen molar-refractivity contribution in [3.63, 3.8) is 0 Å². The summed E-state index contributed by atoms with van der Waals surface area (Å²) in [6, 6.07) is 11.0. The molecule has 0 saturated heterocycles. The number of H-pyrrole nitrogens is 1. The minimum atomic E-state index is -0.762. The summed E-state index contributed by atoms with van der Waals surface area (Å²) in [5.41, 5.74) is 7.07. The Balaban J connectivity index is 1.62. The van der Waals surface area contributed by atoms with Crippen molar-refractivity contribution in [3.8, 4) is 22.9 Å². The van der Waals surface area contributed by atoms with Crippen molar-refractivity contribution in [2.75, 3.05) is 45.0 Å². The first-order valence-electron chi connectivity index (χ1n) is 11.3. The lowest BCUT2D eigenvalue weighted by atomic mass is 10.1. The number of methoxy groups -OCH3 is 1. The summed E-state index contributed by atoms with van der Waals surface area (Å²) in [4.78, 5) is 26.0. The number of fused-ring (bicyclic) bond motifs is 1. The van der Waals surface area contributed by atoms with Gasteiger partial charge in [0.15, 0.2) is 0 Å². The molecule has 2 aliphatic heterocycles. The zero-order valence-electron chi connectivity index (χ0n) is 20.3. The summed E-state index contributed by atoms with van der Waals surface area (Å²) in [5.74, 6) is 1.24. The Morgan fingerprint density at radius 3 is 2.72 bits per heavy atom. The van der Waals surface area contributed by atoms with Crippen molar-refractivity contribution in [1.82, 2.24) is 19.9 Å². The van der Waals surface area contributed by atoms with E-state index in [0.29, 0.717) is 52.6 Å². The van der Waals surface area contributed by atoms with Crippen LogP contribution in [0, 0.1) is 5.82 Å². The predicted octanol–water partition coefficient (Wildman–Crippen LogP) is 3.97. The molecule has 0 spiro atoms. The second kappa shape index (κ2) is 10.9. The number of anilines is 4. The average molecular weight is 494 g/mol. The Morgan fingerprint density at radius 1 is 1.14 bits per heavy atom. The number of hydrogen-bond donors (Lipinski definition) is 4. The minimum absolute atomic E-state index is 0.00703. The van der Waals surface area contributed by atoms with Crippen LogP contribution in [0.5, 0.6) is 11.5 Å². The van der Waals surface area contributed by atoms with Crippen molar-refractivity contribution >= 4 is 29.0 Å². The Hall–Kier alpha value is -4.38. The third-order valence-corrected chi connectivity index (χ3v) is 5.36. The van der Waals surface area contributed by atoms with Gasteiger partial charge in [0.2, 0.25) is 5.95 Å². The van der Waals surface area contributed by atoms with Crippen LogP contribution in [0.3, 0.4) is 0 Å². The van der Waals surface area contributed by atoms with Crippen LogP contribution in [-0.2, 0) is 0 Å². The number of nitrogens with zero attached hydrogens (tertiary/aromatic N) is 3. The Kier molecular flexibility index (Phi) is 7.50. The van der Waals surface area contributed by atoms with Crippen LogP contribution in [0.1, 0.15) is 16.8 Å². The lowest BCUT2D eigenvalue weighted by molar-refractivity contribution is 0.100. The largest absolute Gasteiger partial charge is 0.495 e. The molecule has 10 nitrogen and oxygen atoms in total. The lowest BCUT2D eigenvalue weighted by Gasteiger charge is -2.17. The van der Waals surface area contributed by atoms with E-state index < -0.39 is 11.7 Å². The minimum Gasteiger partial charge on any atom is -0.495 e. The number of halogens is 1. The van der Waals surface area contributed by atoms with Crippen molar-refractivity contribution in [1.29, 1.82) is 0 Å². The van der Waals surface area contributed by atoms with Gasteiger partial charge in [-0.15, -0.1) is 0 Å². The quantitative estimate of drug-likeness (QED) is 0.231. The van der Waals surface area contributed by atoms with Gasteiger partial charge in [-0.3, -0.25) is 4.79 Å². The number of nitrogens with one attached hydrogen (secondary N) is 3. The standard InChI is InChI=1S/C25H28FN7O3/c1-33(2)11-4-12-36-16-6-8-21(35-3)20(14-16)30-25-31-23-17(9-10-28-23)24(32-25)29-19-7-5-15(26)13-18(19)22(27)34/h5-10,13-14H,4,11-12H2,1-3H3,(H2,27,34)(H3,28,29,30,31,32). The molecule has 2 aliphatic rings. The lowest BCUT2D eigenvalue weighted by Crippen LogP contribution is -2.15. The van der Waals surface area contributed by atoms with E-state index in [1.165, 1.54) is 12.1 Å². The Labute approximate surface area is 208 Å². The molecule has 5 N–H and O–H groups in total. The molecule has 2 heterocycles. The fraction of sp³-hybridized carbons (Fsp3) is 0.240. The molecule has 4 rings (SSSR count). The molecule has 0 saturated carbocycles. The monoisotopic (exact) mass is 493 g/mol. The Morgan fingerprint density at radius 2 is 1.97 bits per heavy atom. The van der Waals surface area contributed by atoms with E-state index in [4.69, 9.17) is 15.2 Å². The van der Waals surface area contributed by atoms with Crippen molar-refractivity contribution in [2.24, 2.45) is 5.73 Å². The van der Waals surface area contributed by atoms with Gasteiger partial charge in [-0.2, -0.15) is 4.98 Å². The smallest absolute Gasteiger partial charge is 0.250 e. The number of aromatic amines is 1. The van der Waals surface area contributed by atoms with Gasteiger partial charge in [-0.05, 0) is 56.9 Å². The van der Waals surface area contributed by atoms with E-state index in [9.17, 15) is 9.18 Å². The van der Waals surface area contributed by atoms with E-state index in [1.807, 2.05) is 26.2 Å². The maximum absolute atomic E-state index is 13.7. The number of aromatic nitrogens is 3.